The first-order valence-electron chi connectivity index (χ1n) is 5.87. The van der Waals surface area contributed by atoms with E-state index in [2.05, 4.69) is 0 Å². The van der Waals surface area contributed by atoms with E-state index in [0.29, 0.717) is 5.92 Å². The van der Waals surface area contributed by atoms with Gasteiger partial charge in [0, 0.05) is 26.1 Å². The Morgan fingerprint density at radius 3 is 2.38 bits per heavy atom. The minimum absolute atomic E-state index is 0.0580. The average Bonchev–Trinajstić information content (AvgIpc) is 2.49. The van der Waals surface area contributed by atoms with Crippen LogP contribution in [0.1, 0.15) is 25.7 Å². The van der Waals surface area contributed by atoms with E-state index < -0.39 is 5.79 Å². The molecule has 0 saturated heterocycles. The van der Waals surface area contributed by atoms with Crippen LogP contribution in [-0.4, -0.2) is 33.1 Å². The fourth-order valence-electron chi connectivity index (χ4n) is 3.66. The van der Waals surface area contributed by atoms with Crippen molar-refractivity contribution in [2.45, 2.75) is 31.5 Å². The van der Waals surface area contributed by atoms with Crippen LogP contribution in [0.15, 0.2) is 0 Å². The fraction of sp³-hybridized carbons (Fsp3) is 0.917. The van der Waals surface area contributed by atoms with Gasteiger partial charge in [0.15, 0.2) is 5.79 Å². The molecule has 0 heterocycles. The van der Waals surface area contributed by atoms with Gasteiger partial charge in [-0.05, 0) is 19.3 Å². The summed E-state index contributed by atoms with van der Waals surface area (Å²) in [6, 6.07) is 0. The summed E-state index contributed by atoms with van der Waals surface area (Å²) in [5.74, 6) is -0.263. The Kier molecular flexibility index (Phi) is 3.22. The minimum Gasteiger partial charge on any atom is -0.469 e. The number of carbonyl (C=O) groups is 1. The second kappa shape index (κ2) is 4.34. The van der Waals surface area contributed by atoms with E-state index in [-0.39, 0.29) is 17.8 Å². The summed E-state index contributed by atoms with van der Waals surface area (Å²) in [7, 11) is 4.80. The molecule has 3 atom stereocenters. The summed E-state index contributed by atoms with van der Waals surface area (Å²) in [4.78, 5) is 11.7. The standard InChI is InChI=1S/C12H20O4/c1-14-11(13)9-7-8-5-4-6-10(9)12(8,15-2)16-3/h8-10H,4-7H2,1-3H3. The number of fused-ring (bicyclic) bond motifs is 2. The van der Waals surface area contributed by atoms with Gasteiger partial charge in [-0.2, -0.15) is 0 Å². The fourth-order valence-corrected chi connectivity index (χ4v) is 3.66. The second-order valence-electron chi connectivity index (χ2n) is 4.73. The highest BCUT2D eigenvalue weighted by Gasteiger charge is 2.60. The lowest BCUT2D eigenvalue weighted by molar-refractivity contribution is -0.266. The van der Waals surface area contributed by atoms with Gasteiger partial charge in [-0.25, -0.2) is 0 Å². The van der Waals surface area contributed by atoms with Gasteiger partial charge < -0.3 is 14.2 Å². The van der Waals surface area contributed by atoms with Crippen molar-refractivity contribution >= 4 is 5.97 Å². The van der Waals surface area contributed by atoms with Crippen molar-refractivity contribution in [3.05, 3.63) is 0 Å². The first-order chi connectivity index (χ1) is 7.69. The molecular weight excluding hydrogens is 208 g/mol. The molecule has 2 bridgehead atoms. The molecule has 92 valence electrons. The van der Waals surface area contributed by atoms with Gasteiger partial charge in [0.05, 0.1) is 13.0 Å². The Morgan fingerprint density at radius 2 is 1.88 bits per heavy atom. The van der Waals surface area contributed by atoms with E-state index in [1.165, 1.54) is 7.11 Å². The van der Waals surface area contributed by atoms with Crippen molar-refractivity contribution < 1.29 is 19.0 Å². The quantitative estimate of drug-likeness (QED) is 0.543. The maximum Gasteiger partial charge on any atom is 0.309 e. The highest BCUT2D eigenvalue weighted by atomic mass is 16.7. The Balaban J connectivity index is 2.27. The molecule has 3 unspecified atom stereocenters. The zero-order chi connectivity index (χ0) is 11.8. The highest BCUT2D eigenvalue weighted by Crippen LogP contribution is 2.55. The monoisotopic (exact) mass is 228 g/mol. The molecule has 16 heavy (non-hydrogen) atoms. The van der Waals surface area contributed by atoms with Crippen molar-refractivity contribution in [1.29, 1.82) is 0 Å². The molecule has 0 aromatic carbocycles. The molecule has 0 aromatic heterocycles. The Morgan fingerprint density at radius 1 is 1.19 bits per heavy atom. The molecule has 0 N–H and O–H groups in total. The lowest BCUT2D eigenvalue weighted by Crippen LogP contribution is -2.47. The van der Waals surface area contributed by atoms with Crippen molar-refractivity contribution in [2.24, 2.45) is 17.8 Å². The van der Waals surface area contributed by atoms with Gasteiger partial charge in [-0.15, -0.1) is 0 Å². The third-order valence-electron chi connectivity index (χ3n) is 4.32. The van der Waals surface area contributed by atoms with Gasteiger partial charge in [-0.1, -0.05) is 6.42 Å². The van der Waals surface area contributed by atoms with Crippen LogP contribution in [0.4, 0.5) is 0 Å². The van der Waals surface area contributed by atoms with Crippen LogP contribution in [0.5, 0.6) is 0 Å². The number of esters is 1. The molecular formula is C12H20O4. The summed E-state index contributed by atoms with van der Waals surface area (Å²) >= 11 is 0. The van der Waals surface area contributed by atoms with Crippen LogP contribution in [0, 0.1) is 17.8 Å². The molecule has 2 fully saturated rings. The first kappa shape index (κ1) is 11.9. The number of rotatable bonds is 3. The smallest absolute Gasteiger partial charge is 0.309 e. The van der Waals surface area contributed by atoms with Crippen molar-refractivity contribution in [1.82, 2.24) is 0 Å². The number of hydrogen-bond donors (Lipinski definition) is 0. The predicted octanol–water partition coefficient (Wildman–Crippen LogP) is 1.58. The van der Waals surface area contributed by atoms with Crippen molar-refractivity contribution in [3.63, 3.8) is 0 Å². The van der Waals surface area contributed by atoms with Gasteiger partial charge in [0.2, 0.25) is 0 Å². The summed E-state index contributed by atoms with van der Waals surface area (Å²) in [6.07, 6.45) is 4.04. The van der Waals surface area contributed by atoms with Gasteiger partial charge in [-0.3, -0.25) is 4.79 Å². The maximum atomic E-state index is 11.7. The topological polar surface area (TPSA) is 44.8 Å². The van der Waals surface area contributed by atoms with E-state index >= 15 is 0 Å². The number of carbonyl (C=O) groups excluding carboxylic acids is 1. The van der Waals surface area contributed by atoms with Crippen LogP contribution in [0.2, 0.25) is 0 Å². The zero-order valence-corrected chi connectivity index (χ0v) is 10.2. The lowest BCUT2D eigenvalue weighted by atomic mass is 9.81. The highest BCUT2D eigenvalue weighted by molar-refractivity contribution is 5.73. The predicted molar refractivity (Wildman–Crippen MR) is 57.7 cm³/mol. The molecule has 2 saturated carbocycles. The number of methoxy groups -OCH3 is 3. The largest absolute Gasteiger partial charge is 0.469 e. The van der Waals surface area contributed by atoms with Crippen LogP contribution in [0.25, 0.3) is 0 Å². The summed E-state index contributed by atoms with van der Waals surface area (Å²) in [5.41, 5.74) is 0. The third-order valence-corrected chi connectivity index (χ3v) is 4.32. The zero-order valence-electron chi connectivity index (χ0n) is 10.2. The van der Waals surface area contributed by atoms with E-state index in [1.807, 2.05) is 0 Å². The normalized spacial score (nSPS) is 36.1. The SMILES string of the molecule is COC(=O)C1CC2CCCC1C2(OC)OC. The van der Waals surface area contributed by atoms with E-state index in [4.69, 9.17) is 14.2 Å². The summed E-state index contributed by atoms with van der Waals surface area (Å²) < 4.78 is 16.1. The molecule has 0 amide bonds. The van der Waals surface area contributed by atoms with Gasteiger partial charge >= 0.3 is 5.97 Å². The number of ether oxygens (including phenoxy) is 3. The third kappa shape index (κ3) is 1.47. The molecule has 0 aromatic rings. The first-order valence-corrected chi connectivity index (χ1v) is 5.87. The molecule has 2 aliphatic rings. The van der Waals surface area contributed by atoms with Crippen LogP contribution < -0.4 is 0 Å². The van der Waals surface area contributed by atoms with Crippen molar-refractivity contribution in [2.75, 3.05) is 21.3 Å². The number of hydrogen-bond acceptors (Lipinski definition) is 4. The minimum atomic E-state index is -0.558. The van der Waals surface area contributed by atoms with E-state index in [9.17, 15) is 4.79 Å². The molecule has 4 heteroatoms. The molecule has 2 rings (SSSR count). The molecule has 4 nitrogen and oxygen atoms in total. The Bertz CT molecular complexity index is 272. The van der Waals surface area contributed by atoms with E-state index in [0.717, 1.165) is 25.7 Å². The molecule has 0 aliphatic heterocycles. The molecule has 0 spiro atoms. The molecule has 0 radical (unpaired) electrons. The Labute approximate surface area is 96.2 Å². The van der Waals surface area contributed by atoms with Gasteiger partial charge in [0.1, 0.15) is 0 Å². The van der Waals surface area contributed by atoms with Crippen LogP contribution >= 0.6 is 0 Å². The second-order valence-corrected chi connectivity index (χ2v) is 4.73. The van der Waals surface area contributed by atoms with Crippen LogP contribution in [0.3, 0.4) is 0 Å². The van der Waals surface area contributed by atoms with Crippen LogP contribution in [-0.2, 0) is 19.0 Å². The van der Waals surface area contributed by atoms with Crippen molar-refractivity contribution in [3.8, 4) is 0 Å². The van der Waals surface area contributed by atoms with Gasteiger partial charge in [0.25, 0.3) is 0 Å². The van der Waals surface area contributed by atoms with E-state index in [1.54, 1.807) is 14.2 Å². The summed E-state index contributed by atoms with van der Waals surface area (Å²) in [5, 5.41) is 0. The lowest BCUT2D eigenvalue weighted by Gasteiger charge is -2.41. The summed E-state index contributed by atoms with van der Waals surface area (Å²) in [6.45, 7) is 0. The maximum absolute atomic E-state index is 11.7. The Hall–Kier alpha value is -0.610. The molecule has 2 aliphatic carbocycles. The average molecular weight is 228 g/mol.